The van der Waals surface area contributed by atoms with E-state index < -0.39 is 11.9 Å². The van der Waals surface area contributed by atoms with Gasteiger partial charge in [0.25, 0.3) is 0 Å². The topological polar surface area (TPSA) is 101 Å². The van der Waals surface area contributed by atoms with E-state index in [-0.39, 0.29) is 31.3 Å². The Morgan fingerprint density at radius 1 is 0.900 bits per heavy atom. The fourth-order valence-corrected chi connectivity index (χ4v) is 10.3. The van der Waals surface area contributed by atoms with Crippen LogP contribution in [0.15, 0.2) is 24.3 Å². The van der Waals surface area contributed by atoms with Crippen molar-refractivity contribution < 1.29 is 29.3 Å². The molecule has 5 rings (SSSR count). The summed E-state index contributed by atoms with van der Waals surface area (Å²) in [6.45, 7) is 7.36. The van der Waals surface area contributed by atoms with E-state index in [1.165, 1.54) is 38.5 Å². The second kappa shape index (κ2) is 11.5. The highest BCUT2D eigenvalue weighted by molar-refractivity contribution is 5.73. The quantitative estimate of drug-likeness (QED) is 0.322. The summed E-state index contributed by atoms with van der Waals surface area (Å²) in [5, 5.41) is 18.3. The van der Waals surface area contributed by atoms with Gasteiger partial charge >= 0.3 is 17.9 Å². The van der Waals surface area contributed by atoms with Crippen molar-refractivity contribution in [1.82, 2.24) is 0 Å². The maximum Gasteiger partial charge on any atom is 0.310 e. The lowest BCUT2D eigenvalue weighted by Gasteiger charge is -2.61. The van der Waals surface area contributed by atoms with Crippen LogP contribution in [0.4, 0.5) is 0 Å². The van der Waals surface area contributed by atoms with Gasteiger partial charge in [0.05, 0.1) is 12.8 Å². The highest BCUT2D eigenvalue weighted by Crippen LogP contribution is 2.68. The van der Waals surface area contributed by atoms with Crippen molar-refractivity contribution in [3.63, 3.8) is 0 Å². The zero-order valence-electron chi connectivity index (χ0n) is 24.6. The number of aliphatic carboxylic acids is 2. The minimum Gasteiger partial charge on any atom is -0.481 e. The molecule has 0 spiro atoms. The molecule has 0 amide bonds. The van der Waals surface area contributed by atoms with Crippen LogP contribution in [0.2, 0.25) is 0 Å². The van der Waals surface area contributed by atoms with Gasteiger partial charge < -0.3 is 14.9 Å². The van der Waals surface area contributed by atoms with Crippen LogP contribution in [0.3, 0.4) is 0 Å². The van der Waals surface area contributed by atoms with E-state index in [1.54, 1.807) is 12.1 Å². The fraction of sp³-hybridized carbons (Fsp3) is 0.735. The van der Waals surface area contributed by atoms with E-state index in [0.29, 0.717) is 34.1 Å². The minimum absolute atomic E-state index is 0.0240. The lowest BCUT2D eigenvalue weighted by atomic mass is 9.44. The van der Waals surface area contributed by atoms with Crippen molar-refractivity contribution in [3.8, 4) is 0 Å². The molecule has 0 heterocycles. The molecule has 0 unspecified atom stereocenters. The number of hydrogen-bond donors (Lipinski definition) is 2. The number of carboxylic acid groups (broad SMARTS) is 2. The minimum atomic E-state index is -0.875. The second-order valence-electron chi connectivity index (χ2n) is 14.2. The van der Waals surface area contributed by atoms with Crippen LogP contribution in [-0.2, 0) is 32.0 Å². The normalized spacial score (nSPS) is 37.5. The highest BCUT2D eigenvalue weighted by Gasteiger charge is 2.60. The summed E-state index contributed by atoms with van der Waals surface area (Å²) in [5.41, 5.74) is 2.17. The molecular formula is C34H48O6. The molecule has 4 saturated carbocycles. The number of fused-ring (bicyclic) bond motifs is 5. The van der Waals surface area contributed by atoms with Gasteiger partial charge in [0.1, 0.15) is 6.10 Å². The molecule has 2 N–H and O–H groups in total. The van der Waals surface area contributed by atoms with Crippen LogP contribution in [0.1, 0.15) is 103 Å². The highest BCUT2D eigenvalue weighted by atomic mass is 16.5. The smallest absolute Gasteiger partial charge is 0.310 e. The first kappa shape index (κ1) is 29.1. The van der Waals surface area contributed by atoms with E-state index in [1.807, 2.05) is 12.1 Å². The Morgan fingerprint density at radius 2 is 1.60 bits per heavy atom. The summed E-state index contributed by atoms with van der Waals surface area (Å²) in [6, 6.07) is 7.25. The lowest BCUT2D eigenvalue weighted by Crippen LogP contribution is -2.54. The molecule has 0 aliphatic heterocycles. The van der Waals surface area contributed by atoms with E-state index in [2.05, 4.69) is 20.8 Å². The Balaban J connectivity index is 1.18. The fourth-order valence-electron chi connectivity index (χ4n) is 10.3. The molecule has 1 aromatic rings. The van der Waals surface area contributed by atoms with Crippen molar-refractivity contribution in [3.05, 3.63) is 35.4 Å². The van der Waals surface area contributed by atoms with Crippen LogP contribution >= 0.6 is 0 Å². The molecule has 4 aliphatic rings. The van der Waals surface area contributed by atoms with Crippen molar-refractivity contribution in [2.45, 2.75) is 110 Å². The Kier molecular flexibility index (Phi) is 8.37. The first-order valence-electron chi connectivity index (χ1n) is 15.7. The van der Waals surface area contributed by atoms with E-state index in [9.17, 15) is 19.5 Å². The van der Waals surface area contributed by atoms with Gasteiger partial charge in [0, 0.05) is 6.42 Å². The first-order valence-corrected chi connectivity index (χ1v) is 15.7. The molecule has 0 bridgehead atoms. The predicted molar refractivity (Wildman–Crippen MR) is 153 cm³/mol. The molecule has 9 atom stereocenters. The van der Waals surface area contributed by atoms with Crippen molar-refractivity contribution in [2.24, 2.45) is 46.3 Å². The Bertz CT molecular complexity index is 1110. The third-order valence-corrected chi connectivity index (χ3v) is 12.2. The summed E-state index contributed by atoms with van der Waals surface area (Å²) < 4.78 is 6.01. The van der Waals surface area contributed by atoms with E-state index in [0.717, 1.165) is 49.0 Å². The Hall–Kier alpha value is -2.37. The van der Waals surface area contributed by atoms with Gasteiger partial charge in [-0.25, -0.2) is 0 Å². The summed E-state index contributed by atoms with van der Waals surface area (Å²) >= 11 is 0. The number of carbonyl (C=O) groups excluding carboxylic acids is 1. The number of ether oxygens (including phenoxy) is 1. The van der Waals surface area contributed by atoms with Gasteiger partial charge in [-0.15, -0.1) is 0 Å². The molecule has 40 heavy (non-hydrogen) atoms. The third kappa shape index (κ3) is 5.69. The number of rotatable bonds is 9. The monoisotopic (exact) mass is 552 g/mol. The first-order chi connectivity index (χ1) is 19.0. The summed E-state index contributed by atoms with van der Waals surface area (Å²) in [4.78, 5) is 35.1. The maximum absolute atomic E-state index is 12.8. The summed E-state index contributed by atoms with van der Waals surface area (Å²) in [5.74, 6) is 2.22. The zero-order valence-corrected chi connectivity index (χ0v) is 24.6. The molecule has 0 radical (unpaired) electrons. The average molecular weight is 553 g/mol. The van der Waals surface area contributed by atoms with Gasteiger partial charge in [-0.2, -0.15) is 0 Å². The molecule has 4 fully saturated rings. The SMILES string of the molecule is C[C@H](CCC(=O)O)[C@H]1CC[C@H]2[C@@H]3CC[C@@H]4C[C@H](OC(=O)Cc5cccc(CC(=O)O)c5)CC[C@]4(C)[C@H]3CC[C@]12C. The number of esters is 1. The molecule has 220 valence electrons. The Morgan fingerprint density at radius 3 is 2.33 bits per heavy atom. The molecule has 0 saturated heterocycles. The average Bonchev–Trinajstić information content (AvgIpc) is 3.24. The Labute approximate surface area is 239 Å². The molecule has 6 heteroatoms. The van der Waals surface area contributed by atoms with E-state index in [4.69, 9.17) is 9.84 Å². The van der Waals surface area contributed by atoms with Gasteiger partial charge in [0.2, 0.25) is 0 Å². The maximum atomic E-state index is 12.8. The third-order valence-electron chi connectivity index (χ3n) is 12.2. The van der Waals surface area contributed by atoms with Crippen LogP contribution in [-0.4, -0.2) is 34.2 Å². The largest absolute Gasteiger partial charge is 0.481 e. The van der Waals surface area contributed by atoms with Gasteiger partial charge in [0.15, 0.2) is 0 Å². The van der Waals surface area contributed by atoms with Crippen LogP contribution in [0.5, 0.6) is 0 Å². The molecule has 6 nitrogen and oxygen atoms in total. The van der Waals surface area contributed by atoms with Crippen LogP contribution in [0.25, 0.3) is 0 Å². The lowest BCUT2D eigenvalue weighted by molar-refractivity contribution is -0.162. The van der Waals surface area contributed by atoms with Gasteiger partial charge in [-0.05, 0) is 122 Å². The van der Waals surface area contributed by atoms with Crippen molar-refractivity contribution in [1.29, 1.82) is 0 Å². The van der Waals surface area contributed by atoms with E-state index >= 15 is 0 Å². The van der Waals surface area contributed by atoms with Gasteiger partial charge in [-0.1, -0.05) is 45.0 Å². The number of carbonyl (C=O) groups is 3. The molecular weight excluding hydrogens is 504 g/mol. The standard InChI is InChI=1S/C34H48O6/c1-21(7-12-30(35)36)27-10-11-28-26-9-8-24-20-25(13-15-33(24,2)29(26)14-16-34(27,28)3)40-32(39)19-23-6-4-5-22(17-23)18-31(37)38/h4-6,17,21,24-29H,7-16,18-20H2,1-3H3,(H,35,36)(H,37,38)/t21-,24-,25-,26+,27-,28+,29+,33+,34-/m1/s1. The van der Waals surface area contributed by atoms with Crippen LogP contribution in [0, 0.1) is 46.3 Å². The number of benzene rings is 1. The van der Waals surface area contributed by atoms with Crippen molar-refractivity contribution >= 4 is 17.9 Å². The molecule has 1 aromatic carbocycles. The summed E-state index contributed by atoms with van der Waals surface area (Å²) in [6.07, 6.45) is 11.8. The molecule has 0 aromatic heterocycles. The zero-order chi connectivity index (χ0) is 28.7. The number of carboxylic acids is 2. The van der Waals surface area contributed by atoms with Crippen molar-refractivity contribution in [2.75, 3.05) is 0 Å². The second-order valence-corrected chi connectivity index (χ2v) is 14.2. The molecule has 4 aliphatic carbocycles. The summed E-state index contributed by atoms with van der Waals surface area (Å²) in [7, 11) is 0. The van der Waals surface area contributed by atoms with Gasteiger partial charge in [-0.3, -0.25) is 14.4 Å². The number of hydrogen-bond acceptors (Lipinski definition) is 4. The predicted octanol–water partition coefficient (Wildman–Crippen LogP) is 6.93. The van der Waals surface area contributed by atoms with Crippen LogP contribution < -0.4 is 0 Å².